The van der Waals surface area contributed by atoms with Crippen molar-refractivity contribution in [1.82, 2.24) is 10.3 Å². The van der Waals surface area contributed by atoms with Gasteiger partial charge in [0.05, 0.1) is 0 Å². The van der Waals surface area contributed by atoms with Crippen LogP contribution in [0.2, 0.25) is 0 Å². The molecule has 0 spiro atoms. The van der Waals surface area contributed by atoms with E-state index in [0.717, 1.165) is 37.0 Å². The zero-order valence-corrected chi connectivity index (χ0v) is 13.7. The summed E-state index contributed by atoms with van der Waals surface area (Å²) >= 11 is 0. The molecule has 4 nitrogen and oxygen atoms in total. The molecule has 0 saturated carbocycles. The lowest BCUT2D eigenvalue weighted by molar-refractivity contribution is 0.424. The van der Waals surface area contributed by atoms with Crippen molar-refractivity contribution in [1.29, 1.82) is 0 Å². The second kappa shape index (κ2) is 6.22. The van der Waals surface area contributed by atoms with Gasteiger partial charge in [-0.15, -0.1) is 0 Å². The van der Waals surface area contributed by atoms with Crippen LogP contribution in [0.1, 0.15) is 31.9 Å². The van der Waals surface area contributed by atoms with Crippen LogP contribution >= 0.6 is 0 Å². The Labute approximate surface area is 124 Å². The summed E-state index contributed by atoms with van der Waals surface area (Å²) in [5.74, 6) is 2.56. The number of nitrogens with one attached hydrogen (secondary N) is 1. The first-order valence-corrected chi connectivity index (χ1v) is 8.64. The minimum atomic E-state index is -0.638. The van der Waals surface area contributed by atoms with Crippen molar-refractivity contribution in [3.8, 4) is 0 Å². The summed E-state index contributed by atoms with van der Waals surface area (Å²) < 4.78 is 11.4. The molecule has 0 bridgehead atoms. The van der Waals surface area contributed by atoms with Crippen molar-refractivity contribution in [3.05, 3.63) is 23.4 Å². The molecule has 1 saturated heterocycles. The van der Waals surface area contributed by atoms with Crippen molar-refractivity contribution in [3.63, 3.8) is 0 Å². The average Bonchev–Trinajstić information content (AvgIpc) is 2.37. The fourth-order valence-corrected chi connectivity index (χ4v) is 3.32. The van der Waals surface area contributed by atoms with Crippen LogP contribution in [0.3, 0.4) is 0 Å². The number of anilines is 1. The van der Waals surface area contributed by atoms with Crippen LogP contribution in [-0.4, -0.2) is 39.3 Å². The molecule has 0 atom stereocenters. The van der Waals surface area contributed by atoms with Gasteiger partial charge in [-0.2, -0.15) is 0 Å². The SMILES string of the molecule is Cc1cc(CNC(C)(C)C)cnc1N1CCS(=O)CC1. The Bertz CT molecular complexity index is 486. The van der Waals surface area contributed by atoms with E-state index in [2.05, 4.69) is 49.0 Å². The van der Waals surface area contributed by atoms with Crippen molar-refractivity contribution < 1.29 is 4.21 Å². The molecular weight excluding hydrogens is 270 g/mol. The van der Waals surface area contributed by atoms with E-state index in [0.29, 0.717) is 0 Å². The van der Waals surface area contributed by atoms with Gasteiger partial charge in [0, 0.05) is 53.7 Å². The number of hydrogen-bond donors (Lipinski definition) is 1. The first-order chi connectivity index (χ1) is 9.35. The summed E-state index contributed by atoms with van der Waals surface area (Å²) in [4.78, 5) is 6.86. The Morgan fingerprint density at radius 2 is 2.00 bits per heavy atom. The summed E-state index contributed by atoms with van der Waals surface area (Å²) in [5.41, 5.74) is 2.52. The minimum Gasteiger partial charge on any atom is -0.355 e. The lowest BCUT2D eigenvalue weighted by Crippen LogP contribution is -2.38. The normalized spacial score (nSPS) is 17.5. The van der Waals surface area contributed by atoms with E-state index in [1.54, 1.807) is 0 Å². The van der Waals surface area contributed by atoms with Gasteiger partial charge in [0.1, 0.15) is 5.82 Å². The molecule has 0 unspecified atom stereocenters. The lowest BCUT2D eigenvalue weighted by Gasteiger charge is -2.29. The van der Waals surface area contributed by atoms with Crippen LogP contribution in [0.15, 0.2) is 12.3 Å². The van der Waals surface area contributed by atoms with E-state index >= 15 is 0 Å². The highest BCUT2D eigenvalue weighted by Gasteiger charge is 2.18. The molecule has 1 aliphatic heterocycles. The molecule has 2 rings (SSSR count). The van der Waals surface area contributed by atoms with Gasteiger partial charge in [-0.25, -0.2) is 4.98 Å². The summed E-state index contributed by atoms with van der Waals surface area (Å²) in [7, 11) is -0.638. The van der Waals surface area contributed by atoms with Gasteiger partial charge in [0.2, 0.25) is 0 Å². The van der Waals surface area contributed by atoms with Crippen LogP contribution in [-0.2, 0) is 17.3 Å². The number of nitrogens with zero attached hydrogens (tertiary/aromatic N) is 2. The van der Waals surface area contributed by atoms with Gasteiger partial charge < -0.3 is 10.2 Å². The molecule has 0 amide bonds. The molecular formula is C15H25N3OS. The number of aromatic nitrogens is 1. The highest BCUT2D eigenvalue weighted by atomic mass is 32.2. The van der Waals surface area contributed by atoms with Gasteiger partial charge in [-0.1, -0.05) is 0 Å². The standard InChI is InChI=1S/C15H25N3OS/c1-12-9-13(11-17-15(2,3)4)10-16-14(12)18-5-7-20(19)8-6-18/h9-10,17H,5-8,11H2,1-4H3. The predicted molar refractivity (Wildman–Crippen MR) is 85.7 cm³/mol. The van der Waals surface area contributed by atoms with Gasteiger partial charge in [-0.3, -0.25) is 4.21 Å². The highest BCUT2D eigenvalue weighted by Crippen LogP contribution is 2.19. The topological polar surface area (TPSA) is 45.2 Å². The zero-order valence-electron chi connectivity index (χ0n) is 12.9. The van der Waals surface area contributed by atoms with Gasteiger partial charge in [0.15, 0.2) is 0 Å². The maximum Gasteiger partial charge on any atom is 0.131 e. The third kappa shape index (κ3) is 4.28. The number of rotatable bonds is 3. The number of pyridine rings is 1. The molecule has 5 heteroatoms. The second-order valence-electron chi connectivity index (χ2n) is 6.42. The average molecular weight is 295 g/mol. The predicted octanol–water partition coefficient (Wildman–Crippen LogP) is 1.85. The summed E-state index contributed by atoms with van der Waals surface area (Å²) in [6.07, 6.45) is 1.95. The molecule has 0 radical (unpaired) electrons. The van der Waals surface area contributed by atoms with E-state index in [4.69, 9.17) is 0 Å². The first kappa shape index (κ1) is 15.4. The van der Waals surface area contributed by atoms with Crippen LogP contribution in [0.4, 0.5) is 5.82 Å². The lowest BCUT2D eigenvalue weighted by atomic mass is 10.1. The molecule has 1 fully saturated rings. The quantitative estimate of drug-likeness (QED) is 0.924. The molecule has 20 heavy (non-hydrogen) atoms. The summed E-state index contributed by atoms with van der Waals surface area (Å²) in [5, 5.41) is 3.48. The van der Waals surface area contributed by atoms with E-state index in [-0.39, 0.29) is 5.54 Å². The van der Waals surface area contributed by atoms with Crippen LogP contribution < -0.4 is 10.2 Å². The third-order valence-corrected chi connectivity index (χ3v) is 4.68. The molecule has 1 N–H and O–H groups in total. The monoisotopic (exact) mass is 295 g/mol. The Hall–Kier alpha value is -0.940. The Morgan fingerprint density at radius 1 is 1.35 bits per heavy atom. The zero-order chi connectivity index (χ0) is 14.8. The molecule has 1 aliphatic rings. The maximum absolute atomic E-state index is 11.4. The minimum absolute atomic E-state index is 0.115. The van der Waals surface area contributed by atoms with Gasteiger partial charge in [0.25, 0.3) is 0 Å². The van der Waals surface area contributed by atoms with Crippen molar-refractivity contribution in [2.45, 2.75) is 39.8 Å². The van der Waals surface area contributed by atoms with Crippen LogP contribution in [0, 0.1) is 6.92 Å². The summed E-state index contributed by atoms with van der Waals surface area (Å²) in [6.45, 7) is 11.1. The Kier molecular flexibility index (Phi) is 4.81. The fourth-order valence-electron chi connectivity index (χ4n) is 2.27. The smallest absolute Gasteiger partial charge is 0.131 e. The Morgan fingerprint density at radius 3 is 2.55 bits per heavy atom. The second-order valence-corrected chi connectivity index (χ2v) is 8.12. The summed E-state index contributed by atoms with van der Waals surface area (Å²) in [6, 6.07) is 2.20. The largest absolute Gasteiger partial charge is 0.355 e. The van der Waals surface area contributed by atoms with E-state index < -0.39 is 10.8 Å². The van der Waals surface area contributed by atoms with Crippen molar-refractivity contribution in [2.24, 2.45) is 0 Å². The third-order valence-electron chi connectivity index (χ3n) is 3.41. The number of aryl methyl sites for hydroxylation is 1. The fraction of sp³-hybridized carbons (Fsp3) is 0.667. The van der Waals surface area contributed by atoms with Crippen molar-refractivity contribution >= 4 is 16.6 Å². The highest BCUT2D eigenvalue weighted by molar-refractivity contribution is 7.85. The molecule has 0 aromatic carbocycles. The molecule has 1 aromatic heterocycles. The van der Waals surface area contributed by atoms with Crippen LogP contribution in [0.5, 0.6) is 0 Å². The first-order valence-electron chi connectivity index (χ1n) is 7.16. The van der Waals surface area contributed by atoms with Crippen molar-refractivity contribution in [2.75, 3.05) is 29.5 Å². The van der Waals surface area contributed by atoms with Gasteiger partial charge in [-0.05, 0) is 44.9 Å². The van der Waals surface area contributed by atoms with Gasteiger partial charge >= 0.3 is 0 Å². The molecule has 1 aromatic rings. The molecule has 112 valence electrons. The van der Waals surface area contributed by atoms with E-state index in [1.165, 1.54) is 11.1 Å². The molecule has 0 aliphatic carbocycles. The molecule has 2 heterocycles. The number of hydrogen-bond acceptors (Lipinski definition) is 4. The van der Waals surface area contributed by atoms with E-state index in [1.807, 2.05) is 6.20 Å². The maximum atomic E-state index is 11.4. The van der Waals surface area contributed by atoms with Crippen LogP contribution in [0.25, 0.3) is 0 Å². The van der Waals surface area contributed by atoms with E-state index in [9.17, 15) is 4.21 Å². The Balaban J connectivity index is 2.04.